The van der Waals surface area contributed by atoms with E-state index in [2.05, 4.69) is 14.7 Å². The molecule has 0 atom stereocenters. The second kappa shape index (κ2) is 5.81. The molecule has 22 heavy (non-hydrogen) atoms. The topological polar surface area (TPSA) is 112 Å². The molecule has 2 fully saturated rings. The van der Waals surface area contributed by atoms with Gasteiger partial charge in [-0.3, -0.25) is 0 Å². The normalized spacial score (nSPS) is 20.1. The molecule has 1 aromatic rings. The monoisotopic (exact) mass is 326 g/mol. The van der Waals surface area contributed by atoms with Gasteiger partial charge in [0, 0.05) is 19.1 Å². The molecular formula is C13H18N4O4S. The molecule has 0 aromatic carbocycles. The fraction of sp³-hybridized carbons (Fsp3) is 0.615. The second-order valence-corrected chi connectivity index (χ2v) is 7.73. The SMILES string of the molecule is O=C(O)c1cnc(N2CC(S(=O)(=O)NC3CCCC3)C2)cn1. The van der Waals surface area contributed by atoms with Crippen LogP contribution in [-0.4, -0.2) is 53.8 Å². The Morgan fingerprint density at radius 1 is 1.23 bits per heavy atom. The highest BCUT2D eigenvalue weighted by Crippen LogP contribution is 2.24. The average molecular weight is 326 g/mol. The minimum Gasteiger partial charge on any atom is -0.476 e. The molecule has 2 aliphatic rings. The Hall–Kier alpha value is -1.74. The summed E-state index contributed by atoms with van der Waals surface area (Å²) in [5.41, 5.74) is -0.128. The van der Waals surface area contributed by atoms with Crippen molar-refractivity contribution in [3.8, 4) is 0 Å². The zero-order chi connectivity index (χ0) is 15.7. The third-order valence-electron chi connectivity index (χ3n) is 4.15. The van der Waals surface area contributed by atoms with Gasteiger partial charge in [0.2, 0.25) is 10.0 Å². The molecule has 8 nitrogen and oxygen atoms in total. The van der Waals surface area contributed by atoms with Crippen LogP contribution >= 0.6 is 0 Å². The number of hydrogen-bond acceptors (Lipinski definition) is 6. The van der Waals surface area contributed by atoms with Gasteiger partial charge in [0.25, 0.3) is 0 Å². The standard InChI is InChI=1S/C13H18N4O4S/c18-13(19)11-5-15-12(6-14-11)17-7-10(8-17)22(20,21)16-9-3-1-2-4-9/h5-6,9-10,16H,1-4,7-8H2,(H,18,19). The van der Waals surface area contributed by atoms with Crippen molar-refractivity contribution in [2.24, 2.45) is 0 Å². The Balaban J connectivity index is 1.57. The lowest BCUT2D eigenvalue weighted by atomic mass is 10.2. The van der Waals surface area contributed by atoms with Crippen molar-refractivity contribution < 1.29 is 18.3 Å². The molecule has 0 bridgehead atoms. The van der Waals surface area contributed by atoms with E-state index in [1.807, 2.05) is 0 Å². The predicted molar refractivity (Wildman–Crippen MR) is 79.3 cm³/mol. The van der Waals surface area contributed by atoms with Crippen molar-refractivity contribution in [2.75, 3.05) is 18.0 Å². The van der Waals surface area contributed by atoms with Crippen LogP contribution in [-0.2, 0) is 10.0 Å². The summed E-state index contributed by atoms with van der Waals surface area (Å²) in [5, 5.41) is 8.32. The first kappa shape index (κ1) is 15.2. The first-order valence-corrected chi connectivity index (χ1v) is 8.82. The number of aromatic nitrogens is 2. The maximum Gasteiger partial charge on any atom is 0.356 e. The van der Waals surface area contributed by atoms with E-state index in [4.69, 9.17) is 5.11 Å². The van der Waals surface area contributed by atoms with E-state index in [0.717, 1.165) is 25.7 Å². The van der Waals surface area contributed by atoms with Gasteiger partial charge in [-0.2, -0.15) is 0 Å². The summed E-state index contributed by atoms with van der Waals surface area (Å²) in [6.45, 7) is 0.701. The lowest BCUT2D eigenvalue weighted by Gasteiger charge is -2.39. The van der Waals surface area contributed by atoms with Crippen molar-refractivity contribution in [3.05, 3.63) is 18.1 Å². The molecule has 3 rings (SSSR count). The maximum atomic E-state index is 12.2. The van der Waals surface area contributed by atoms with Crippen molar-refractivity contribution >= 4 is 21.8 Å². The molecule has 120 valence electrons. The molecule has 0 amide bonds. The predicted octanol–water partition coefficient (Wildman–Crippen LogP) is 0.225. The summed E-state index contributed by atoms with van der Waals surface area (Å²) in [6.07, 6.45) is 6.52. The van der Waals surface area contributed by atoms with E-state index in [-0.39, 0.29) is 11.7 Å². The number of rotatable bonds is 5. The van der Waals surface area contributed by atoms with Gasteiger partial charge in [-0.25, -0.2) is 27.9 Å². The third kappa shape index (κ3) is 3.05. The van der Waals surface area contributed by atoms with Crippen LogP contribution in [0.1, 0.15) is 36.2 Å². The van der Waals surface area contributed by atoms with Crippen molar-refractivity contribution in [1.29, 1.82) is 0 Å². The molecule has 2 N–H and O–H groups in total. The molecule has 9 heteroatoms. The number of carbonyl (C=O) groups is 1. The summed E-state index contributed by atoms with van der Waals surface area (Å²) in [4.78, 5) is 20.3. The molecule has 0 spiro atoms. The summed E-state index contributed by atoms with van der Waals surface area (Å²) in [6, 6.07) is 0.0775. The van der Waals surface area contributed by atoms with Crippen LogP contribution in [0, 0.1) is 0 Å². The quantitative estimate of drug-likeness (QED) is 0.796. The van der Waals surface area contributed by atoms with E-state index in [1.54, 1.807) is 4.90 Å². The third-order valence-corrected chi connectivity index (χ3v) is 5.99. The highest BCUT2D eigenvalue weighted by Gasteiger charge is 2.39. The van der Waals surface area contributed by atoms with Gasteiger partial charge in [0.05, 0.1) is 12.4 Å². The average Bonchev–Trinajstić information content (AvgIpc) is 2.89. The fourth-order valence-corrected chi connectivity index (χ4v) is 4.43. The van der Waals surface area contributed by atoms with Gasteiger partial charge in [0.15, 0.2) is 5.69 Å². The van der Waals surface area contributed by atoms with E-state index < -0.39 is 21.2 Å². The van der Waals surface area contributed by atoms with E-state index in [9.17, 15) is 13.2 Å². The first-order valence-electron chi connectivity index (χ1n) is 7.27. The number of hydrogen-bond donors (Lipinski definition) is 2. The number of carboxylic acid groups (broad SMARTS) is 1. The van der Waals surface area contributed by atoms with E-state index in [0.29, 0.717) is 18.9 Å². The molecular weight excluding hydrogens is 308 g/mol. The van der Waals surface area contributed by atoms with Crippen molar-refractivity contribution in [1.82, 2.24) is 14.7 Å². The molecule has 1 aliphatic carbocycles. The van der Waals surface area contributed by atoms with Crippen LogP contribution in [0.3, 0.4) is 0 Å². The number of sulfonamides is 1. The minimum atomic E-state index is -3.30. The number of nitrogens with one attached hydrogen (secondary N) is 1. The van der Waals surface area contributed by atoms with Gasteiger partial charge in [-0.15, -0.1) is 0 Å². The molecule has 1 saturated heterocycles. The number of carboxylic acids is 1. The molecule has 1 saturated carbocycles. The van der Waals surface area contributed by atoms with Crippen molar-refractivity contribution in [2.45, 2.75) is 37.0 Å². The van der Waals surface area contributed by atoms with Crippen LogP contribution in [0.4, 0.5) is 5.82 Å². The van der Waals surface area contributed by atoms with Crippen molar-refractivity contribution in [3.63, 3.8) is 0 Å². The lowest BCUT2D eigenvalue weighted by molar-refractivity contribution is 0.0690. The van der Waals surface area contributed by atoms with Crippen LogP contribution in [0.2, 0.25) is 0 Å². The highest BCUT2D eigenvalue weighted by atomic mass is 32.2. The Labute approximate surface area is 128 Å². The molecule has 0 radical (unpaired) electrons. The van der Waals surface area contributed by atoms with Gasteiger partial charge < -0.3 is 10.0 Å². The Kier molecular flexibility index (Phi) is 4.00. The van der Waals surface area contributed by atoms with Gasteiger partial charge in [0.1, 0.15) is 11.1 Å². The molecule has 2 heterocycles. The second-order valence-electron chi connectivity index (χ2n) is 5.74. The number of aromatic carboxylic acids is 1. The zero-order valence-corrected chi connectivity index (χ0v) is 12.8. The Bertz CT molecular complexity index is 649. The van der Waals surface area contributed by atoms with E-state index >= 15 is 0 Å². The lowest BCUT2D eigenvalue weighted by Crippen LogP contribution is -2.59. The number of anilines is 1. The van der Waals surface area contributed by atoms with Gasteiger partial charge in [-0.05, 0) is 12.8 Å². The molecule has 1 aliphatic heterocycles. The summed E-state index contributed by atoms with van der Waals surface area (Å²) in [7, 11) is -3.30. The van der Waals surface area contributed by atoms with Crippen LogP contribution in [0.15, 0.2) is 12.4 Å². The summed E-state index contributed by atoms with van der Waals surface area (Å²) in [5.74, 6) is -0.638. The van der Waals surface area contributed by atoms with Crippen LogP contribution < -0.4 is 9.62 Å². The largest absolute Gasteiger partial charge is 0.476 e. The Morgan fingerprint density at radius 2 is 1.91 bits per heavy atom. The highest BCUT2D eigenvalue weighted by molar-refractivity contribution is 7.90. The van der Waals surface area contributed by atoms with Gasteiger partial charge in [-0.1, -0.05) is 12.8 Å². The first-order chi connectivity index (χ1) is 10.5. The van der Waals surface area contributed by atoms with Gasteiger partial charge >= 0.3 is 5.97 Å². The molecule has 0 unspecified atom stereocenters. The summed E-state index contributed by atoms with van der Waals surface area (Å²) >= 11 is 0. The smallest absolute Gasteiger partial charge is 0.356 e. The fourth-order valence-electron chi connectivity index (χ4n) is 2.79. The number of nitrogens with zero attached hydrogens (tertiary/aromatic N) is 3. The van der Waals surface area contributed by atoms with E-state index in [1.165, 1.54) is 12.4 Å². The van der Waals surface area contributed by atoms with Crippen LogP contribution in [0.5, 0.6) is 0 Å². The Morgan fingerprint density at radius 3 is 2.45 bits per heavy atom. The maximum absolute atomic E-state index is 12.2. The van der Waals surface area contributed by atoms with Crippen LogP contribution in [0.25, 0.3) is 0 Å². The zero-order valence-electron chi connectivity index (χ0n) is 12.0. The summed E-state index contributed by atoms with van der Waals surface area (Å²) < 4.78 is 27.3. The minimum absolute atomic E-state index is 0.0775. The molecule has 1 aromatic heterocycles.